The summed E-state index contributed by atoms with van der Waals surface area (Å²) in [7, 11) is 0. The van der Waals surface area contributed by atoms with E-state index in [1.807, 2.05) is 0 Å². The van der Waals surface area contributed by atoms with Crippen LogP contribution in [0.25, 0.3) is 0 Å². The minimum atomic E-state index is 0.510. The Hall–Kier alpha value is 0.310. The van der Waals surface area contributed by atoms with Gasteiger partial charge in [-0.1, -0.05) is 20.8 Å². The fourth-order valence-electron chi connectivity index (χ4n) is 2.32. The Bertz CT molecular complexity index is 154. The molecule has 1 fully saturated rings. The molecule has 2 heteroatoms. The first-order chi connectivity index (χ1) is 6.54. The van der Waals surface area contributed by atoms with E-state index >= 15 is 0 Å². The lowest BCUT2D eigenvalue weighted by molar-refractivity contribution is 0.113. The molecular formula is C12H25NS. The monoisotopic (exact) mass is 215 g/mol. The van der Waals surface area contributed by atoms with Gasteiger partial charge in [0.25, 0.3) is 0 Å². The number of hydrogen-bond acceptors (Lipinski definition) is 2. The van der Waals surface area contributed by atoms with E-state index in [1.54, 1.807) is 0 Å². The largest absolute Gasteiger partial charge is 0.303 e. The van der Waals surface area contributed by atoms with Crippen LogP contribution in [0.1, 0.15) is 40.0 Å². The Kier molecular flexibility index (Phi) is 4.78. The molecule has 1 saturated heterocycles. The third-order valence-corrected chi connectivity index (χ3v) is 3.76. The average molecular weight is 215 g/mol. The molecule has 0 aromatic carbocycles. The number of rotatable bonds is 3. The summed E-state index contributed by atoms with van der Waals surface area (Å²) in [6.45, 7) is 11.0. The molecule has 1 nitrogen and oxygen atoms in total. The number of likely N-dealkylation sites (tertiary alicyclic amines) is 1. The van der Waals surface area contributed by atoms with Crippen molar-refractivity contribution < 1.29 is 0 Å². The second-order valence-corrected chi connectivity index (χ2v) is 6.01. The van der Waals surface area contributed by atoms with Gasteiger partial charge in [0.05, 0.1) is 0 Å². The normalized spacial score (nSPS) is 21.4. The quantitative estimate of drug-likeness (QED) is 0.708. The summed E-state index contributed by atoms with van der Waals surface area (Å²) in [6.07, 6.45) is 4.01. The summed E-state index contributed by atoms with van der Waals surface area (Å²) in [5.41, 5.74) is 0.510. The molecule has 0 aliphatic carbocycles. The van der Waals surface area contributed by atoms with E-state index in [9.17, 15) is 0 Å². The molecule has 0 aromatic rings. The van der Waals surface area contributed by atoms with Gasteiger partial charge in [0, 0.05) is 0 Å². The molecule has 0 N–H and O–H groups in total. The summed E-state index contributed by atoms with van der Waals surface area (Å²) in [6, 6.07) is 0. The maximum atomic E-state index is 4.26. The Morgan fingerprint density at radius 3 is 2.21 bits per heavy atom. The molecular weight excluding hydrogens is 190 g/mol. The molecule has 1 heterocycles. The van der Waals surface area contributed by atoms with Crippen molar-refractivity contribution in [2.24, 2.45) is 11.3 Å². The first kappa shape index (κ1) is 12.4. The molecule has 0 saturated carbocycles. The van der Waals surface area contributed by atoms with E-state index in [2.05, 4.69) is 38.3 Å². The third kappa shape index (κ3) is 3.82. The molecule has 1 aliphatic heterocycles. The van der Waals surface area contributed by atoms with Crippen molar-refractivity contribution in [1.82, 2.24) is 4.90 Å². The van der Waals surface area contributed by atoms with Gasteiger partial charge in [-0.2, -0.15) is 12.6 Å². The maximum Gasteiger partial charge on any atom is -0.00110 e. The molecule has 0 atom stereocenters. The van der Waals surface area contributed by atoms with Gasteiger partial charge in [0.1, 0.15) is 0 Å². The van der Waals surface area contributed by atoms with Gasteiger partial charge in [0.2, 0.25) is 0 Å². The highest BCUT2D eigenvalue weighted by Gasteiger charge is 2.28. The lowest BCUT2D eigenvalue weighted by Crippen LogP contribution is -2.38. The van der Waals surface area contributed by atoms with Crippen molar-refractivity contribution in [1.29, 1.82) is 0 Å². The van der Waals surface area contributed by atoms with Crippen molar-refractivity contribution in [2.45, 2.75) is 40.0 Å². The summed E-state index contributed by atoms with van der Waals surface area (Å²) >= 11 is 4.26. The molecule has 0 radical (unpaired) electrons. The number of nitrogens with zero attached hydrogens (tertiary/aromatic N) is 1. The molecule has 0 unspecified atom stereocenters. The van der Waals surface area contributed by atoms with Crippen molar-refractivity contribution >= 4 is 12.6 Å². The van der Waals surface area contributed by atoms with Crippen LogP contribution in [0.15, 0.2) is 0 Å². The van der Waals surface area contributed by atoms with Gasteiger partial charge in [0.15, 0.2) is 0 Å². The Morgan fingerprint density at radius 2 is 1.79 bits per heavy atom. The van der Waals surface area contributed by atoms with E-state index in [1.165, 1.54) is 38.9 Å². The first-order valence-corrected chi connectivity index (χ1v) is 6.50. The van der Waals surface area contributed by atoms with Crippen molar-refractivity contribution in [3.63, 3.8) is 0 Å². The third-order valence-electron chi connectivity index (χ3n) is 3.44. The molecule has 14 heavy (non-hydrogen) atoms. The van der Waals surface area contributed by atoms with Gasteiger partial charge in [-0.3, -0.25) is 0 Å². The van der Waals surface area contributed by atoms with Gasteiger partial charge in [-0.25, -0.2) is 0 Å². The molecule has 0 bridgehead atoms. The summed E-state index contributed by atoms with van der Waals surface area (Å²) in [4.78, 5) is 2.60. The van der Waals surface area contributed by atoms with Crippen LogP contribution in [0.4, 0.5) is 0 Å². The minimum Gasteiger partial charge on any atom is -0.303 e. The molecule has 84 valence electrons. The van der Waals surface area contributed by atoms with Crippen molar-refractivity contribution in [3.8, 4) is 0 Å². The standard InChI is InChI=1S/C12H25NS/c1-12(2,3)11-5-8-13(9-6-11)7-4-10-14/h11,14H,4-10H2,1-3H3. The van der Waals surface area contributed by atoms with E-state index in [0.29, 0.717) is 5.41 Å². The predicted molar refractivity (Wildman–Crippen MR) is 67.1 cm³/mol. The van der Waals surface area contributed by atoms with Crippen LogP contribution in [-0.2, 0) is 0 Å². The highest BCUT2D eigenvalue weighted by atomic mass is 32.1. The highest BCUT2D eigenvalue weighted by Crippen LogP contribution is 2.34. The van der Waals surface area contributed by atoms with E-state index in [-0.39, 0.29) is 0 Å². The van der Waals surface area contributed by atoms with Crippen LogP contribution in [0.5, 0.6) is 0 Å². The van der Waals surface area contributed by atoms with Crippen LogP contribution in [0.3, 0.4) is 0 Å². The molecule has 1 rings (SSSR count). The molecule has 0 spiro atoms. The second-order valence-electron chi connectivity index (χ2n) is 5.56. The van der Waals surface area contributed by atoms with Gasteiger partial charge in [-0.05, 0) is 56.0 Å². The fraction of sp³-hybridized carbons (Fsp3) is 1.00. The van der Waals surface area contributed by atoms with Crippen LogP contribution >= 0.6 is 12.6 Å². The molecule has 0 amide bonds. The lowest BCUT2D eigenvalue weighted by Gasteiger charge is -2.38. The Balaban J connectivity index is 2.24. The zero-order valence-corrected chi connectivity index (χ0v) is 10.8. The summed E-state index contributed by atoms with van der Waals surface area (Å²) < 4.78 is 0. The Morgan fingerprint density at radius 1 is 1.21 bits per heavy atom. The topological polar surface area (TPSA) is 3.24 Å². The van der Waals surface area contributed by atoms with Crippen LogP contribution < -0.4 is 0 Å². The van der Waals surface area contributed by atoms with E-state index < -0.39 is 0 Å². The zero-order valence-electron chi connectivity index (χ0n) is 9.92. The number of piperidine rings is 1. The van der Waals surface area contributed by atoms with Gasteiger partial charge < -0.3 is 4.90 Å². The van der Waals surface area contributed by atoms with Crippen LogP contribution in [0, 0.1) is 11.3 Å². The van der Waals surface area contributed by atoms with Crippen molar-refractivity contribution in [2.75, 3.05) is 25.4 Å². The minimum absolute atomic E-state index is 0.510. The SMILES string of the molecule is CC(C)(C)C1CCN(CCCS)CC1. The van der Waals surface area contributed by atoms with Crippen molar-refractivity contribution in [3.05, 3.63) is 0 Å². The fourth-order valence-corrected chi connectivity index (χ4v) is 2.46. The molecule has 1 aliphatic rings. The highest BCUT2D eigenvalue weighted by molar-refractivity contribution is 7.80. The lowest BCUT2D eigenvalue weighted by atomic mass is 9.75. The number of thiol groups is 1. The first-order valence-electron chi connectivity index (χ1n) is 5.87. The average Bonchev–Trinajstić information content (AvgIpc) is 2.14. The second kappa shape index (κ2) is 5.41. The summed E-state index contributed by atoms with van der Waals surface area (Å²) in [5.74, 6) is 1.95. The Labute approximate surface area is 94.7 Å². The zero-order chi connectivity index (χ0) is 10.6. The number of hydrogen-bond donors (Lipinski definition) is 1. The predicted octanol–water partition coefficient (Wildman–Crippen LogP) is 3.06. The van der Waals surface area contributed by atoms with E-state index in [4.69, 9.17) is 0 Å². The van der Waals surface area contributed by atoms with E-state index in [0.717, 1.165) is 11.7 Å². The molecule has 0 aromatic heterocycles. The van der Waals surface area contributed by atoms with Gasteiger partial charge in [-0.15, -0.1) is 0 Å². The maximum absolute atomic E-state index is 4.26. The smallest absolute Gasteiger partial charge is 0.00110 e. The van der Waals surface area contributed by atoms with Crippen LogP contribution in [0.2, 0.25) is 0 Å². The van der Waals surface area contributed by atoms with Gasteiger partial charge >= 0.3 is 0 Å². The van der Waals surface area contributed by atoms with Crippen LogP contribution in [-0.4, -0.2) is 30.3 Å². The summed E-state index contributed by atoms with van der Waals surface area (Å²) in [5, 5.41) is 0.